The van der Waals surface area contributed by atoms with E-state index in [2.05, 4.69) is 24.0 Å². The molecule has 2 aromatic carbocycles. The number of aromatic nitrogens is 3. The van der Waals surface area contributed by atoms with Crippen molar-refractivity contribution in [3.63, 3.8) is 0 Å². The second-order valence-corrected chi connectivity index (χ2v) is 5.35. The zero-order valence-corrected chi connectivity index (χ0v) is 11.8. The molecule has 0 unspecified atom stereocenters. The summed E-state index contributed by atoms with van der Waals surface area (Å²) >= 11 is 0. The predicted molar refractivity (Wildman–Crippen MR) is 79.4 cm³/mol. The Kier molecular flexibility index (Phi) is 2.93. The monoisotopic (exact) mass is 267 g/mol. The van der Waals surface area contributed by atoms with Gasteiger partial charge in [-0.05, 0) is 42.2 Å². The SMILES string of the molecule is Cc1cc(C(C)C)c(O)c(-n2nc3ccccc3n2)c1. The van der Waals surface area contributed by atoms with E-state index in [1.807, 2.05) is 43.3 Å². The Morgan fingerprint density at radius 1 is 1.05 bits per heavy atom. The molecule has 0 saturated heterocycles. The highest BCUT2D eigenvalue weighted by Crippen LogP contribution is 2.32. The van der Waals surface area contributed by atoms with E-state index in [9.17, 15) is 5.11 Å². The highest BCUT2D eigenvalue weighted by Gasteiger charge is 2.15. The molecular formula is C16H17N3O. The second kappa shape index (κ2) is 4.63. The van der Waals surface area contributed by atoms with Gasteiger partial charge in [-0.3, -0.25) is 0 Å². The van der Waals surface area contributed by atoms with Crippen molar-refractivity contribution in [1.82, 2.24) is 15.0 Å². The molecule has 0 saturated carbocycles. The summed E-state index contributed by atoms with van der Waals surface area (Å²) < 4.78 is 0. The van der Waals surface area contributed by atoms with E-state index in [1.165, 1.54) is 4.80 Å². The van der Waals surface area contributed by atoms with Crippen molar-refractivity contribution in [3.8, 4) is 11.4 Å². The minimum absolute atomic E-state index is 0.249. The molecular weight excluding hydrogens is 250 g/mol. The van der Waals surface area contributed by atoms with Crippen molar-refractivity contribution in [2.24, 2.45) is 0 Å². The van der Waals surface area contributed by atoms with Gasteiger partial charge in [-0.1, -0.05) is 32.0 Å². The summed E-state index contributed by atoms with van der Waals surface area (Å²) in [5.74, 6) is 0.504. The van der Waals surface area contributed by atoms with Crippen molar-refractivity contribution in [2.45, 2.75) is 26.7 Å². The minimum Gasteiger partial charge on any atom is -0.505 e. The number of benzene rings is 2. The summed E-state index contributed by atoms with van der Waals surface area (Å²) in [6.45, 7) is 6.13. The fourth-order valence-electron chi connectivity index (χ4n) is 2.35. The van der Waals surface area contributed by atoms with Gasteiger partial charge in [0.1, 0.15) is 22.5 Å². The van der Waals surface area contributed by atoms with Gasteiger partial charge in [0.05, 0.1) is 0 Å². The number of fused-ring (bicyclic) bond motifs is 1. The van der Waals surface area contributed by atoms with Crippen LogP contribution in [-0.4, -0.2) is 20.1 Å². The second-order valence-electron chi connectivity index (χ2n) is 5.35. The van der Waals surface area contributed by atoms with Gasteiger partial charge in [-0.15, -0.1) is 15.0 Å². The van der Waals surface area contributed by atoms with E-state index in [-0.39, 0.29) is 11.7 Å². The molecule has 1 heterocycles. The van der Waals surface area contributed by atoms with E-state index < -0.39 is 0 Å². The van der Waals surface area contributed by atoms with Gasteiger partial charge in [0.25, 0.3) is 0 Å². The molecule has 0 atom stereocenters. The Bertz CT molecular complexity index is 741. The number of nitrogens with zero attached hydrogens (tertiary/aromatic N) is 3. The molecule has 4 nitrogen and oxygen atoms in total. The standard InChI is InChI=1S/C16H17N3O/c1-10(2)12-8-11(3)9-15(16(12)20)19-17-13-6-4-5-7-14(13)18-19/h4-10,20H,1-3H3. The fourth-order valence-corrected chi connectivity index (χ4v) is 2.35. The molecule has 0 fully saturated rings. The van der Waals surface area contributed by atoms with Crippen molar-refractivity contribution in [1.29, 1.82) is 0 Å². The minimum atomic E-state index is 0.249. The summed E-state index contributed by atoms with van der Waals surface area (Å²) in [6.07, 6.45) is 0. The van der Waals surface area contributed by atoms with Crippen LogP contribution >= 0.6 is 0 Å². The lowest BCUT2D eigenvalue weighted by atomic mass is 9.99. The molecule has 1 aromatic heterocycles. The average Bonchev–Trinajstić information content (AvgIpc) is 2.84. The van der Waals surface area contributed by atoms with Crippen LogP contribution in [0.1, 0.15) is 30.9 Å². The number of rotatable bonds is 2. The zero-order chi connectivity index (χ0) is 14.3. The lowest BCUT2D eigenvalue weighted by molar-refractivity contribution is 0.457. The smallest absolute Gasteiger partial charge is 0.146 e. The molecule has 0 radical (unpaired) electrons. The van der Waals surface area contributed by atoms with Gasteiger partial charge in [-0.2, -0.15) is 0 Å². The van der Waals surface area contributed by atoms with Crippen LogP contribution in [0.3, 0.4) is 0 Å². The maximum Gasteiger partial charge on any atom is 0.146 e. The molecule has 20 heavy (non-hydrogen) atoms. The maximum atomic E-state index is 10.5. The molecule has 102 valence electrons. The van der Waals surface area contributed by atoms with Gasteiger partial charge < -0.3 is 5.11 Å². The van der Waals surface area contributed by atoms with E-state index in [1.54, 1.807) is 0 Å². The first-order chi connectivity index (χ1) is 9.56. The van der Waals surface area contributed by atoms with Crippen molar-refractivity contribution < 1.29 is 5.11 Å². The highest BCUT2D eigenvalue weighted by atomic mass is 16.3. The maximum absolute atomic E-state index is 10.5. The molecule has 3 rings (SSSR count). The Morgan fingerprint density at radius 3 is 2.20 bits per heavy atom. The van der Waals surface area contributed by atoms with Crippen LogP contribution in [-0.2, 0) is 0 Å². The van der Waals surface area contributed by atoms with E-state index in [0.717, 1.165) is 22.2 Å². The lowest BCUT2D eigenvalue weighted by Crippen LogP contribution is -2.02. The first-order valence-electron chi connectivity index (χ1n) is 6.72. The quantitative estimate of drug-likeness (QED) is 0.772. The largest absolute Gasteiger partial charge is 0.505 e. The molecule has 0 aliphatic carbocycles. The zero-order valence-electron chi connectivity index (χ0n) is 11.8. The third kappa shape index (κ3) is 2.03. The molecule has 0 aliphatic rings. The molecule has 0 aliphatic heterocycles. The average molecular weight is 267 g/mol. The van der Waals surface area contributed by atoms with E-state index in [0.29, 0.717) is 5.69 Å². The molecule has 1 N–H and O–H groups in total. The summed E-state index contributed by atoms with van der Waals surface area (Å²) in [5.41, 5.74) is 4.27. The van der Waals surface area contributed by atoms with E-state index in [4.69, 9.17) is 0 Å². The predicted octanol–water partition coefficient (Wildman–Crippen LogP) is 3.56. The highest BCUT2D eigenvalue weighted by molar-refractivity contribution is 5.73. The normalized spacial score (nSPS) is 11.4. The molecule has 0 spiro atoms. The fraction of sp³-hybridized carbons (Fsp3) is 0.250. The first kappa shape index (κ1) is 12.7. The van der Waals surface area contributed by atoms with Crippen molar-refractivity contribution >= 4 is 11.0 Å². The van der Waals surface area contributed by atoms with Crippen molar-refractivity contribution in [3.05, 3.63) is 47.5 Å². The Morgan fingerprint density at radius 2 is 1.65 bits per heavy atom. The Balaban J connectivity index is 2.23. The summed E-state index contributed by atoms with van der Waals surface area (Å²) in [7, 11) is 0. The topological polar surface area (TPSA) is 50.9 Å². The number of phenolic OH excluding ortho intramolecular Hbond substituents is 1. The number of aryl methyl sites for hydroxylation is 1. The third-order valence-electron chi connectivity index (χ3n) is 3.39. The summed E-state index contributed by atoms with van der Waals surface area (Å²) in [4.78, 5) is 1.51. The molecule has 3 aromatic rings. The summed E-state index contributed by atoms with van der Waals surface area (Å²) in [6, 6.07) is 11.6. The third-order valence-corrected chi connectivity index (χ3v) is 3.39. The number of hydrogen-bond donors (Lipinski definition) is 1. The first-order valence-corrected chi connectivity index (χ1v) is 6.72. The van der Waals surface area contributed by atoms with Crippen LogP contribution in [0.25, 0.3) is 16.7 Å². The number of aromatic hydroxyl groups is 1. The van der Waals surface area contributed by atoms with E-state index >= 15 is 0 Å². The summed E-state index contributed by atoms with van der Waals surface area (Å²) in [5, 5.41) is 19.3. The van der Waals surface area contributed by atoms with Gasteiger partial charge >= 0.3 is 0 Å². The van der Waals surface area contributed by atoms with Crippen LogP contribution in [0.15, 0.2) is 36.4 Å². The lowest BCUT2D eigenvalue weighted by Gasteiger charge is -2.13. The van der Waals surface area contributed by atoms with Crippen LogP contribution in [0.5, 0.6) is 5.75 Å². The van der Waals surface area contributed by atoms with Crippen LogP contribution in [0, 0.1) is 6.92 Å². The van der Waals surface area contributed by atoms with Crippen LogP contribution in [0.2, 0.25) is 0 Å². The van der Waals surface area contributed by atoms with Gasteiger partial charge in [0.2, 0.25) is 0 Å². The van der Waals surface area contributed by atoms with Gasteiger partial charge in [0, 0.05) is 0 Å². The Labute approximate surface area is 117 Å². The Hall–Kier alpha value is -2.36. The molecule has 0 amide bonds. The number of hydrogen-bond acceptors (Lipinski definition) is 3. The van der Waals surface area contributed by atoms with Crippen LogP contribution < -0.4 is 0 Å². The van der Waals surface area contributed by atoms with Crippen LogP contribution in [0.4, 0.5) is 0 Å². The molecule has 0 bridgehead atoms. The van der Waals surface area contributed by atoms with Crippen molar-refractivity contribution in [2.75, 3.05) is 0 Å². The van der Waals surface area contributed by atoms with Gasteiger partial charge in [0.15, 0.2) is 0 Å². The number of phenols is 1. The van der Waals surface area contributed by atoms with Gasteiger partial charge in [-0.25, -0.2) is 0 Å². The molecule has 4 heteroatoms.